The summed E-state index contributed by atoms with van der Waals surface area (Å²) in [6, 6.07) is 13.2. The van der Waals surface area contributed by atoms with E-state index in [2.05, 4.69) is 34.9 Å². The number of hydrogen-bond donors (Lipinski definition) is 0. The van der Waals surface area contributed by atoms with Crippen LogP contribution in [0.1, 0.15) is 24.0 Å². The number of hydrogen-bond acceptors (Lipinski definition) is 3. The Balaban J connectivity index is 1.29. The Hall–Kier alpha value is -2.56. The van der Waals surface area contributed by atoms with Gasteiger partial charge in [-0.15, -0.1) is 0 Å². The third-order valence-corrected chi connectivity index (χ3v) is 5.87. The maximum absolute atomic E-state index is 13.1. The fourth-order valence-corrected chi connectivity index (χ4v) is 4.29. The first-order chi connectivity index (χ1) is 13.6. The molecule has 4 rings (SSSR count). The molecule has 2 heterocycles. The fourth-order valence-electron chi connectivity index (χ4n) is 4.29. The summed E-state index contributed by atoms with van der Waals surface area (Å²) < 4.78 is 13.1. The molecule has 148 valence electrons. The van der Waals surface area contributed by atoms with Gasteiger partial charge in [0.2, 0.25) is 5.91 Å². The zero-order valence-electron chi connectivity index (χ0n) is 16.5. The van der Waals surface area contributed by atoms with E-state index in [1.165, 1.54) is 28.9 Å². The highest BCUT2D eigenvalue weighted by Crippen LogP contribution is 2.28. The van der Waals surface area contributed by atoms with Crippen molar-refractivity contribution in [1.29, 1.82) is 0 Å². The van der Waals surface area contributed by atoms with Gasteiger partial charge in [0.1, 0.15) is 5.82 Å². The summed E-state index contributed by atoms with van der Waals surface area (Å²) in [5.41, 5.74) is 5.03. The van der Waals surface area contributed by atoms with Crippen LogP contribution in [0.5, 0.6) is 0 Å². The number of amides is 1. The molecule has 2 aromatic rings. The predicted octanol–water partition coefficient (Wildman–Crippen LogP) is 3.63. The third kappa shape index (κ3) is 4.13. The van der Waals surface area contributed by atoms with Crippen molar-refractivity contribution in [2.75, 3.05) is 49.1 Å². The molecule has 1 saturated heterocycles. The van der Waals surface area contributed by atoms with Crippen LogP contribution in [0.4, 0.5) is 15.8 Å². The molecular formula is C23H28FN3O. The highest BCUT2D eigenvalue weighted by atomic mass is 19.1. The minimum absolute atomic E-state index is 0.216. The third-order valence-electron chi connectivity index (χ3n) is 5.87. The van der Waals surface area contributed by atoms with Crippen LogP contribution in [0.2, 0.25) is 0 Å². The van der Waals surface area contributed by atoms with E-state index in [0.717, 1.165) is 57.8 Å². The average molecular weight is 381 g/mol. The number of nitrogens with zero attached hydrogens (tertiary/aromatic N) is 3. The minimum Gasteiger partial charge on any atom is -0.371 e. The van der Waals surface area contributed by atoms with Crippen molar-refractivity contribution in [2.45, 2.75) is 26.2 Å². The maximum atomic E-state index is 13.1. The van der Waals surface area contributed by atoms with Gasteiger partial charge in [-0.05, 0) is 55.7 Å². The maximum Gasteiger partial charge on any atom is 0.224 e. The monoisotopic (exact) mass is 381 g/mol. The van der Waals surface area contributed by atoms with Crippen molar-refractivity contribution in [3.05, 3.63) is 59.4 Å². The Bertz CT molecular complexity index is 828. The molecule has 1 amide bonds. The fraction of sp³-hybridized carbons (Fsp3) is 0.435. The van der Waals surface area contributed by atoms with Crippen LogP contribution in [0.3, 0.4) is 0 Å². The van der Waals surface area contributed by atoms with Crippen molar-refractivity contribution in [1.82, 2.24) is 4.90 Å². The van der Waals surface area contributed by atoms with Crippen LogP contribution in [-0.2, 0) is 11.2 Å². The standard InChI is InChI=1S/C23H28FN3O/c1-18-4-9-22-19(17-18)3-2-11-26(22)12-10-23(28)27-15-13-25(14-16-27)21-7-5-20(24)6-8-21/h4-9,17H,2-3,10-16H2,1H3. The topological polar surface area (TPSA) is 26.8 Å². The molecule has 0 N–H and O–H groups in total. The van der Waals surface area contributed by atoms with E-state index in [1.54, 1.807) is 0 Å². The van der Waals surface area contributed by atoms with Crippen LogP contribution in [0, 0.1) is 12.7 Å². The van der Waals surface area contributed by atoms with Gasteiger partial charge in [-0.2, -0.15) is 0 Å². The molecule has 1 fully saturated rings. The lowest BCUT2D eigenvalue weighted by Gasteiger charge is -2.37. The van der Waals surface area contributed by atoms with E-state index in [-0.39, 0.29) is 11.7 Å². The summed E-state index contributed by atoms with van der Waals surface area (Å²) in [7, 11) is 0. The molecule has 0 atom stereocenters. The predicted molar refractivity (Wildman–Crippen MR) is 112 cm³/mol. The largest absolute Gasteiger partial charge is 0.371 e. The molecular weight excluding hydrogens is 353 g/mol. The number of carbonyl (C=O) groups is 1. The Labute approximate surface area is 166 Å². The van der Waals surface area contributed by atoms with Crippen LogP contribution in [0.25, 0.3) is 0 Å². The van der Waals surface area contributed by atoms with Crippen molar-refractivity contribution in [3.63, 3.8) is 0 Å². The molecule has 0 radical (unpaired) electrons. The number of aryl methyl sites for hydroxylation is 2. The normalized spacial score (nSPS) is 16.9. The van der Waals surface area contributed by atoms with E-state index in [9.17, 15) is 9.18 Å². The lowest BCUT2D eigenvalue weighted by Crippen LogP contribution is -2.49. The summed E-state index contributed by atoms with van der Waals surface area (Å²) in [5.74, 6) is 0.0185. The van der Waals surface area contributed by atoms with Gasteiger partial charge in [0.15, 0.2) is 0 Å². The molecule has 0 spiro atoms. The molecule has 0 aliphatic carbocycles. The van der Waals surface area contributed by atoms with E-state index < -0.39 is 0 Å². The highest BCUT2D eigenvalue weighted by Gasteiger charge is 2.23. The van der Waals surface area contributed by atoms with Crippen molar-refractivity contribution >= 4 is 17.3 Å². The number of piperazine rings is 1. The van der Waals surface area contributed by atoms with E-state index >= 15 is 0 Å². The molecule has 5 heteroatoms. The summed E-state index contributed by atoms with van der Waals surface area (Å²) in [6.07, 6.45) is 2.84. The van der Waals surface area contributed by atoms with Crippen molar-refractivity contribution in [2.24, 2.45) is 0 Å². The quantitative estimate of drug-likeness (QED) is 0.809. The van der Waals surface area contributed by atoms with Gasteiger partial charge in [0, 0.05) is 57.1 Å². The number of anilines is 2. The van der Waals surface area contributed by atoms with Crippen LogP contribution in [0.15, 0.2) is 42.5 Å². The summed E-state index contributed by atoms with van der Waals surface area (Å²) in [4.78, 5) is 19.3. The van der Waals surface area contributed by atoms with Crippen molar-refractivity contribution < 1.29 is 9.18 Å². The molecule has 2 aromatic carbocycles. The molecule has 0 bridgehead atoms. The molecule has 2 aliphatic rings. The first-order valence-corrected chi connectivity index (χ1v) is 10.2. The smallest absolute Gasteiger partial charge is 0.224 e. The first-order valence-electron chi connectivity index (χ1n) is 10.2. The Morgan fingerprint density at radius 2 is 1.75 bits per heavy atom. The molecule has 28 heavy (non-hydrogen) atoms. The lowest BCUT2D eigenvalue weighted by molar-refractivity contribution is -0.131. The van der Waals surface area contributed by atoms with Gasteiger partial charge in [-0.3, -0.25) is 4.79 Å². The molecule has 0 aromatic heterocycles. The number of benzene rings is 2. The van der Waals surface area contributed by atoms with Gasteiger partial charge < -0.3 is 14.7 Å². The minimum atomic E-state index is -0.216. The number of halogens is 1. The second-order valence-electron chi connectivity index (χ2n) is 7.82. The molecule has 0 saturated carbocycles. The van der Waals surface area contributed by atoms with Crippen LogP contribution >= 0.6 is 0 Å². The first kappa shape index (κ1) is 18.8. The average Bonchev–Trinajstić information content (AvgIpc) is 2.72. The summed E-state index contributed by atoms with van der Waals surface area (Å²) >= 11 is 0. The summed E-state index contributed by atoms with van der Waals surface area (Å²) in [5, 5.41) is 0. The van der Waals surface area contributed by atoms with E-state index in [0.29, 0.717) is 6.42 Å². The van der Waals surface area contributed by atoms with E-state index in [4.69, 9.17) is 0 Å². The number of fused-ring (bicyclic) bond motifs is 1. The Kier molecular flexibility index (Phi) is 5.51. The van der Waals surface area contributed by atoms with Crippen LogP contribution in [-0.4, -0.2) is 50.1 Å². The number of rotatable bonds is 4. The lowest BCUT2D eigenvalue weighted by atomic mass is 9.99. The van der Waals surface area contributed by atoms with Gasteiger partial charge in [0.25, 0.3) is 0 Å². The van der Waals surface area contributed by atoms with E-state index in [1.807, 2.05) is 17.0 Å². The zero-order chi connectivity index (χ0) is 19.5. The SMILES string of the molecule is Cc1ccc2c(c1)CCCN2CCC(=O)N1CCN(c2ccc(F)cc2)CC1. The van der Waals surface area contributed by atoms with Crippen LogP contribution < -0.4 is 9.80 Å². The van der Waals surface area contributed by atoms with Gasteiger partial charge in [-0.25, -0.2) is 4.39 Å². The molecule has 2 aliphatic heterocycles. The van der Waals surface area contributed by atoms with Gasteiger partial charge in [0.05, 0.1) is 0 Å². The zero-order valence-corrected chi connectivity index (χ0v) is 16.5. The van der Waals surface area contributed by atoms with Crippen molar-refractivity contribution in [3.8, 4) is 0 Å². The highest BCUT2D eigenvalue weighted by molar-refractivity contribution is 5.77. The number of carbonyl (C=O) groups excluding carboxylic acids is 1. The second-order valence-corrected chi connectivity index (χ2v) is 7.82. The Morgan fingerprint density at radius 3 is 2.50 bits per heavy atom. The molecule has 0 unspecified atom stereocenters. The second kappa shape index (κ2) is 8.21. The Morgan fingerprint density at radius 1 is 1.00 bits per heavy atom. The molecule has 4 nitrogen and oxygen atoms in total. The van der Waals surface area contributed by atoms with Gasteiger partial charge in [-0.1, -0.05) is 17.7 Å². The van der Waals surface area contributed by atoms with Gasteiger partial charge >= 0.3 is 0 Å². The summed E-state index contributed by atoms with van der Waals surface area (Å²) in [6.45, 7) is 6.99.